The number of ether oxygens (including phenoxy) is 3. The maximum absolute atomic E-state index is 11.6. The number of hydrogen-bond acceptors (Lipinski definition) is 6. The van der Waals surface area contributed by atoms with Crippen molar-refractivity contribution in [1.82, 2.24) is 5.32 Å². The summed E-state index contributed by atoms with van der Waals surface area (Å²) in [5.74, 6) is -1.75. The van der Waals surface area contributed by atoms with E-state index in [2.05, 4.69) is 5.32 Å². The highest BCUT2D eigenvalue weighted by molar-refractivity contribution is 6.76. The van der Waals surface area contributed by atoms with Crippen LogP contribution in [0.1, 0.15) is 26.7 Å². The van der Waals surface area contributed by atoms with Gasteiger partial charge in [-0.1, -0.05) is 34.8 Å². The minimum atomic E-state index is -2.10. The van der Waals surface area contributed by atoms with Crippen LogP contribution in [-0.2, 0) is 28.6 Å². The zero-order chi connectivity index (χ0) is 17.6. The van der Waals surface area contributed by atoms with Crippen molar-refractivity contribution in [3.8, 4) is 0 Å². The van der Waals surface area contributed by atoms with Crippen molar-refractivity contribution in [3.63, 3.8) is 0 Å². The van der Waals surface area contributed by atoms with Gasteiger partial charge in [-0.25, -0.2) is 0 Å². The Balaban J connectivity index is 2.56. The Morgan fingerprint density at radius 1 is 1.22 bits per heavy atom. The summed E-state index contributed by atoms with van der Waals surface area (Å²) in [4.78, 5) is 33.6. The van der Waals surface area contributed by atoms with Gasteiger partial charge in [-0.2, -0.15) is 0 Å². The molecule has 1 rings (SSSR count). The molecule has 0 aromatic rings. The van der Waals surface area contributed by atoms with Crippen LogP contribution in [0.5, 0.6) is 0 Å². The van der Waals surface area contributed by atoms with Gasteiger partial charge >= 0.3 is 11.9 Å². The molecule has 1 saturated heterocycles. The van der Waals surface area contributed by atoms with Gasteiger partial charge in [0.2, 0.25) is 0 Å². The molecule has 0 unspecified atom stereocenters. The fraction of sp³-hybridized carbons (Fsp3) is 0.769. The van der Waals surface area contributed by atoms with E-state index < -0.39 is 33.8 Å². The zero-order valence-corrected chi connectivity index (χ0v) is 14.9. The second-order valence-corrected chi connectivity index (χ2v) is 7.31. The Labute approximate surface area is 148 Å². The van der Waals surface area contributed by atoms with Crippen molar-refractivity contribution >= 4 is 52.6 Å². The highest BCUT2D eigenvalue weighted by atomic mass is 35.6. The lowest BCUT2D eigenvalue weighted by Gasteiger charge is -2.24. The van der Waals surface area contributed by atoms with Gasteiger partial charge in [0.1, 0.15) is 12.7 Å². The molecule has 1 N–H and O–H groups in total. The molecule has 0 aliphatic carbocycles. The largest absolute Gasteiger partial charge is 0.463 e. The van der Waals surface area contributed by atoms with E-state index in [1.807, 2.05) is 0 Å². The molecule has 0 aromatic carbocycles. The van der Waals surface area contributed by atoms with E-state index in [1.54, 1.807) is 0 Å². The first-order chi connectivity index (χ1) is 10.6. The summed E-state index contributed by atoms with van der Waals surface area (Å²) in [5, 5.41) is 2.39. The molecule has 0 bridgehead atoms. The van der Waals surface area contributed by atoms with E-state index in [1.165, 1.54) is 13.8 Å². The monoisotopic (exact) mass is 389 g/mol. The Kier molecular flexibility index (Phi) is 7.86. The molecule has 1 amide bonds. The topological polar surface area (TPSA) is 90.9 Å². The quantitative estimate of drug-likeness (QED) is 0.546. The van der Waals surface area contributed by atoms with Gasteiger partial charge in [-0.3, -0.25) is 14.4 Å². The lowest BCUT2D eigenvalue weighted by atomic mass is 10.1. The average molecular weight is 391 g/mol. The molecule has 0 spiro atoms. The van der Waals surface area contributed by atoms with Gasteiger partial charge in [0.05, 0.1) is 18.8 Å². The van der Waals surface area contributed by atoms with E-state index in [0.717, 1.165) is 0 Å². The van der Waals surface area contributed by atoms with Gasteiger partial charge in [0.15, 0.2) is 0 Å². The second kappa shape index (κ2) is 8.92. The maximum Gasteiger partial charge on any atom is 0.303 e. The fourth-order valence-corrected chi connectivity index (χ4v) is 2.30. The molecule has 10 heteroatoms. The maximum atomic E-state index is 11.6. The SMILES string of the molecule is CC(=O)OC[C@H]1CC[C@@H]([C@H](CNC(=O)C(Cl)(Cl)Cl)OC(C)=O)O1. The van der Waals surface area contributed by atoms with Crippen LogP contribution in [0.4, 0.5) is 0 Å². The molecular formula is C13H18Cl3NO6. The average Bonchev–Trinajstić information content (AvgIpc) is 2.88. The summed E-state index contributed by atoms with van der Waals surface area (Å²) in [7, 11) is 0. The minimum Gasteiger partial charge on any atom is -0.463 e. The molecular weight excluding hydrogens is 373 g/mol. The van der Waals surface area contributed by atoms with Gasteiger partial charge in [0, 0.05) is 13.8 Å². The van der Waals surface area contributed by atoms with Gasteiger partial charge in [-0.05, 0) is 12.8 Å². The highest BCUT2D eigenvalue weighted by Crippen LogP contribution is 2.27. The second-order valence-electron chi connectivity index (χ2n) is 5.03. The van der Waals surface area contributed by atoms with Crippen molar-refractivity contribution in [2.75, 3.05) is 13.2 Å². The fourth-order valence-electron chi connectivity index (χ4n) is 2.10. The number of nitrogens with one attached hydrogen (secondary N) is 1. The predicted molar refractivity (Wildman–Crippen MR) is 83.4 cm³/mol. The predicted octanol–water partition coefficient (Wildman–Crippen LogP) is 1.52. The summed E-state index contributed by atoms with van der Waals surface area (Å²) in [5.41, 5.74) is 0. The van der Waals surface area contributed by atoms with Crippen LogP contribution in [0.2, 0.25) is 0 Å². The molecule has 23 heavy (non-hydrogen) atoms. The smallest absolute Gasteiger partial charge is 0.303 e. The summed E-state index contributed by atoms with van der Waals surface area (Å²) < 4.78 is 13.6. The molecule has 1 heterocycles. The third-order valence-electron chi connectivity index (χ3n) is 3.07. The zero-order valence-electron chi connectivity index (χ0n) is 12.6. The highest BCUT2D eigenvalue weighted by Gasteiger charge is 2.36. The number of esters is 2. The first-order valence-electron chi connectivity index (χ1n) is 6.90. The molecule has 0 radical (unpaired) electrons. The Morgan fingerprint density at radius 3 is 2.39 bits per heavy atom. The van der Waals surface area contributed by atoms with Crippen molar-refractivity contribution in [1.29, 1.82) is 0 Å². The number of halogens is 3. The summed E-state index contributed by atoms with van der Waals surface area (Å²) in [6.07, 6.45) is -0.256. The normalized spacial score (nSPS) is 22.3. The van der Waals surface area contributed by atoms with E-state index in [0.29, 0.717) is 12.8 Å². The first-order valence-corrected chi connectivity index (χ1v) is 8.04. The summed E-state index contributed by atoms with van der Waals surface area (Å²) in [6.45, 7) is 2.62. The number of alkyl halides is 3. The molecule has 3 atom stereocenters. The van der Waals surface area contributed by atoms with Crippen molar-refractivity contribution in [2.24, 2.45) is 0 Å². The van der Waals surface area contributed by atoms with Crippen molar-refractivity contribution < 1.29 is 28.6 Å². The number of carbonyl (C=O) groups is 3. The third kappa shape index (κ3) is 7.56. The van der Waals surface area contributed by atoms with Gasteiger partial charge in [-0.15, -0.1) is 0 Å². The lowest BCUT2D eigenvalue weighted by Crippen LogP contribution is -2.45. The van der Waals surface area contributed by atoms with Crippen LogP contribution < -0.4 is 5.32 Å². The van der Waals surface area contributed by atoms with Gasteiger partial charge in [0.25, 0.3) is 9.70 Å². The Hall–Kier alpha value is -0.760. The molecule has 1 fully saturated rings. The van der Waals surface area contributed by atoms with Crippen LogP contribution in [0.25, 0.3) is 0 Å². The molecule has 1 aliphatic rings. The van der Waals surface area contributed by atoms with Gasteiger partial charge < -0.3 is 19.5 Å². The Bertz CT molecular complexity index is 453. The lowest BCUT2D eigenvalue weighted by molar-refractivity contribution is -0.157. The molecule has 132 valence electrons. The summed E-state index contributed by atoms with van der Waals surface area (Å²) >= 11 is 16.4. The number of amides is 1. The standard InChI is InChI=1S/C13H18Cl3NO6/c1-7(18)21-6-9-3-4-10(23-9)11(22-8(2)19)5-17-12(20)13(14,15)16/h9-11H,3-6H2,1-2H3,(H,17,20)/t9-,10+,11+/m1/s1. The van der Waals surface area contributed by atoms with E-state index >= 15 is 0 Å². The number of carbonyl (C=O) groups excluding carboxylic acids is 3. The Morgan fingerprint density at radius 2 is 1.87 bits per heavy atom. The summed E-state index contributed by atoms with van der Waals surface area (Å²) in [6, 6.07) is 0. The van der Waals surface area contributed by atoms with E-state index in [-0.39, 0.29) is 19.3 Å². The van der Waals surface area contributed by atoms with Crippen LogP contribution in [0, 0.1) is 0 Å². The molecule has 1 aliphatic heterocycles. The van der Waals surface area contributed by atoms with E-state index in [9.17, 15) is 14.4 Å². The first kappa shape index (κ1) is 20.3. The minimum absolute atomic E-state index is 0.0583. The van der Waals surface area contributed by atoms with Crippen LogP contribution in [0.15, 0.2) is 0 Å². The van der Waals surface area contributed by atoms with Crippen LogP contribution in [-0.4, -0.2) is 53.1 Å². The molecule has 0 aromatic heterocycles. The van der Waals surface area contributed by atoms with Crippen LogP contribution >= 0.6 is 34.8 Å². The molecule has 7 nitrogen and oxygen atoms in total. The van der Waals surface area contributed by atoms with Crippen molar-refractivity contribution in [2.45, 2.75) is 48.8 Å². The van der Waals surface area contributed by atoms with Crippen LogP contribution in [0.3, 0.4) is 0 Å². The number of hydrogen-bond donors (Lipinski definition) is 1. The molecule has 0 saturated carbocycles. The third-order valence-corrected chi connectivity index (χ3v) is 3.58. The van der Waals surface area contributed by atoms with Crippen molar-refractivity contribution in [3.05, 3.63) is 0 Å². The van der Waals surface area contributed by atoms with E-state index in [4.69, 9.17) is 49.0 Å². The number of rotatable bonds is 6.